The highest BCUT2D eigenvalue weighted by Gasteiger charge is 2.28. The molecule has 2 saturated heterocycles. The number of hydrogen-bond acceptors (Lipinski definition) is 5. The molecule has 1 atom stereocenters. The van der Waals surface area contributed by atoms with Crippen molar-refractivity contribution in [3.63, 3.8) is 0 Å². The van der Waals surface area contributed by atoms with E-state index in [0.717, 1.165) is 37.3 Å². The molecule has 0 aliphatic carbocycles. The van der Waals surface area contributed by atoms with Crippen molar-refractivity contribution in [2.24, 2.45) is 5.92 Å². The lowest BCUT2D eigenvalue weighted by Gasteiger charge is -2.33. The summed E-state index contributed by atoms with van der Waals surface area (Å²) in [5, 5.41) is 6.41. The van der Waals surface area contributed by atoms with E-state index in [0.29, 0.717) is 38.7 Å². The second-order valence-corrected chi connectivity index (χ2v) is 8.30. The molecule has 2 amide bonds. The van der Waals surface area contributed by atoms with Crippen LogP contribution >= 0.6 is 11.8 Å². The lowest BCUT2D eigenvalue weighted by Crippen LogP contribution is -2.46. The van der Waals surface area contributed by atoms with E-state index in [-0.39, 0.29) is 23.8 Å². The van der Waals surface area contributed by atoms with Crippen LogP contribution in [-0.4, -0.2) is 73.2 Å². The van der Waals surface area contributed by atoms with Crippen molar-refractivity contribution in [2.45, 2.75) is 51.7 Å². The first kappa shape index (κ1) is 20.5. The van der Waals surface area contributed by atoms with Crippen molar-refractivity contribution >= 4 is 23.6 Å². The van der Waals surface area contributed by atoms with E-state index in [2.05, 4.69) is 10.6 Å². The zero-order valence-electron chi connectivity index (χ0n) is 15.6. The highest BCUT2D eigenvalue weighted by molar-refractivity contribution is 7.99. The summed E-state index contributed by atoms with van der Waals surface area (Å²) in [6.45, 7) is 7.76. The van der Waals surface area contributed by atoms with Crippen molar-refractivity contribution in [3.8, 4) is 0 Å². The van der Waals surface area contributed by atoms with Crippen LogP contribution in [0.15, 0.2) is 0 Å². The maximum atomic E-state index is 12.4. The van der Waals surface area contributed by atoms with E-state index in [1.165, 1.54) is 0 Å². The number of hydrogen-bond donors (Lipinski definition) is 2. The fourth-order valence-corrected chi connectivity index (χ4v) is 4.18. The zero-order chi connectivity index (χ0) is 18.1. The fourth-order valence-electron chi connectivity index (χ4n) is 3.23. The van der Waals surface area contributed by atoms with Gasteiger partial charge in [0.05, 0.1) is 6.10 Å². The second-order valence-electron chi connectivity index (χ2n) is 7.15. The van der Waals surface area contributed by atoms with Crippen molar-refractivity contribution in [2.75, 3.05) is 44.3 Å². The minimum atomic E-state index is 0.0402. The molecule has 2 aliphatic rings. The van der Waals surface area contributed by atoms with E-state index in [9.17, 15) is 9.59 Å². The molecule has 2 fully saturated rings. The van der Waals surface area contributed by atoms with Crippen molar-refractivity contribution in [3.05, 3.63) is 0 Å². The first-order chi connectivity index (χ1) is 12.1. The molecule has 2 aliphatic heterocycles. The van der Waals surface area contributed by atoms with Crippen LogP contribution in [0.25, 0.3) is 0 Å². The largest absolute Gasteiger partial charge is 0.379 e. The topological polar surface area (TPSA) is 70.7 Å². The molecule has 7 heteroatoms. The number of amides is 2. The van der Waals surface area contributed by atoms with Crippen LogP contribution in [0.4, 0.5) is 0 Å². The number of nitrogens with one attached hydrogen (secondary N) is 2. The third-order valence-electron chi connectivity index (χ3n) is 4.71. The molecule has 0 spiro atoms. The summed E-state index contributed by atoms with van der Waals surface area (Å²) >= 11 is 1.91. The monoisotopic (exact) mass is 371 g/mol. The summed E-state index contributed by atoms with van der Waals surface area (Å²) < 4.78 is 5.47. The lowest BCUT2D eigenvalue weighted by molar-refractivity contribution is -0.136. The minimum Gasteiger partial charge on any atom is -0.379 e. The van der Waals surface area contributed by atoms with Gasteiger partial charge in [-0.25, -0.2) is 0 Å². The van der Waals surface area contributed by atoms with Crippen LogP contribution < -0.4 is 10.6 Å². The molecule has 2 N–H and O–H groups in total. The first-order valence-corrected chi connectivity index (χ1v) is 10.7. The van der Waals surface area contributed by atoms with Gasteiger partial charge in [-0.05, 0) is 33.1 Å². The molecule has 144 valence electrons. The quantitative estimate of drug-likeness (QED) is 0.629. The maximum absolute atomic E-state index is 12.4. The Bertz CT molecular complexity index is 420. The lowest BCUT2D eigenvalue weighted by atomic mass is 9.95. The Balaban J connectivity index is 1.59. The Morgan fingerprint density at radius 1 is 1.32 bits per heavy atom. The molecule has 0 radical (unpaired) electrons. The average Bonchev–Trinajstić information content (AvgIpc) is 2.62. The van der Waals surface area contributed by atoms with Crippen LogP contribution in [0.3, 0.4) is 0 Å². The van der Waals surface area contributed by atoms with Gasteiger partial charge in [0.25, 0.3) is 0 Å². The van der Waals surface area contributed by atoms with Crippen LogP contribution in [-0.2, 0) is 14.3 Å². The normalized spacial score (nSPS) is 22.2. The molecule has 0 bridgehead atoms. The molecule has 0 aromatic carbocycles. The van der Waals surface area contributed by atoms with Gasteiger partial charge >= 0.3 is 0 Å². The number of thioether (sulfide) groups is 1. The van der Waals surface area contributed by atoms with E-state index in [1.54, 1.807) is 0 Å². The molecule has 6 nitrogen and oxygen atoms in total. The van der Waals surface area contributed by atoms with Crippen LogP contribution in [0.1, 0.15) is 39.5 Å². The number of rotatable bonds is 8. The smallest absolute Gasteiger partial charge is 0.224 e. The zero-order valence-corrected chi connectivity index (χ0v) is 16.4. The summed E-state index contributed by atoms with van der Waals surface area (Å²) in [6, 6.07) is 0.306. The van der Waals surface area contributed by atoms with Gasteiger partial charge in [-0.1, -0.05) is 0 Å². The molecule has 25 heavy (non-hydrogen) atoms. The number of carbonyl (C=O) groups excluding carboxylic acids is 2. The molecule has 1 unspecified atom stereocenters. The van der Waals surface area contributed by atoms with Gasteiger partial charge in [-0.2, -0.15) is 11.8 Å². The first-order valence-electron chi connectivity index (χ1n) is 9.54. The Morgan fingerprint density at radius 3 is 2.72 bits per heavy atom. The van der Waals surface area contributed by atoms with E-state index in [1.807, 2.05) is 30.5 Å². The third kappa shape index (κ3) is 7.54. The van der Waals surface area contributed by atoms with Gasteiger partial charge in [-0.3, -0.25) is 9.59 Å². The second kappa shape index (κ2) is 11.0. The fraction of sp³-hybridized carbons (Fsp3) is 0.889. The number of piperidine rings is 1. The predicted molar refractivity (Wildman–Crippen MR) is 102 cm³/mol. The highest BCUT2D eigenvalue weighted by atomic mass is 32.2. The Labute approximate surface area is 155 Å². The molecule has 2 rings (SSSR count). The molecule has 0 aromatic rings. The van der Waals surface area contributed by atoms with Gasteiger partial charge in [0.15, 0.2) is 0 Å². The summed E-state index contributed by atoms with van der Waals surface area (Å²) in [5.74, 6) is 2.55. The van der Waals surface area contributed by atoms with Crippen LogP contribution in [0, 0.1) is 5.92 Å². The predicted octanol–water partition coefficient (Wildman–Crippen LogP) is 1.25. The van der Waals surface area contributed by atoms with Crippen molar-refractivity contribution in [1.82, 2.24) is 15.5 Å². The average molecular weight is 372 g/mol. The van der Waals surface area contributed by atoms with Crippen molar-refractivity contribution in [1.29, 1.82) is 0 Å². The molecule has 0 aromatic heterocycles. The number of nitrogens with zero attached hydrogens (tertiary/aromatic N) is 1. The third-order valence-corrected chi connectivity index (χ3v) is 5.84. The Kier molecular flexibility index (Phi) is 9.06. The summed E-state index contributed by atoms with van der Waals surface area (Å²) in [6.07, 6.45) is 3.20. The van der Waals surface area contributed by atoms with Crippen LogP contribution in [0.2, 0.25) is 0 Å². The van der Waals surface area contributed by atoms with Gasteiger partial charge in [0.1, 0.15) is 0 Å². The van der Waals surface area contributed by atoms with Crippen LogP contribution in [0.5, 0.6) is 0 Å². The van der Waals surface area contributed by atoms with E-state index >= 15 is 0 Å². The summed E-state index contributed by atoms with van der Waals surface area (Å²) in [7, 11) is 0. The van der Waals surface area contributed by atoms with Gasteiger partial charge < -0.3 is 20.3 Å². The van der Waals surface area contributed by atoms with Gasteiger partial charge in [0, 0.05) is 62.7 Å². The summed E-state index contributed by atoms with van der Waals surface area (Å²) in [4.78, 5) is 26.6. The number of ether oxygens (including phenoxy) is 1. The maximum Gasteiger partial charge on any atom is 0.224 e. The standard InChI is InChI=1S/C18H33N3O3S/c1-14(2)24-10-3-6-20-18(23)15-4-8-21(9-5-15)17(22)12-16-13-25-11-7-19-16/h14-16,19H,3-13H2,1-2H3,(H,20,23). The van der Waals surface area contributed by atoms with Gasteiger partial charge in [-0.15, -0.1) is 0 Å². The number of likely N-dealkylation sites (tertiary alicyclic amines) is 1. The Morgan fingerprint density at radius 2 is 2.08 bits per heavy atom. The summed E-state index contributed by atoms with van der Waals surface area (Å²) in [5.41, 5.74) is 0. The molecular formula is C18H33N3O3S. The molecule has 0 saturated carbocycles. The minimum absolute atomic E-state index is 0.0402. The van der Waals surface area contributed by atoms with E-state index in [4.69, 9.17) is 4.74 Å². The molecule has 2 heterocycles. The van der Waals surface area contributed by atoms with Crippen molar-refractivity contribution < 1.29 is 14.3 Å². The van der Waals surface area contributed by atoms with E-state index < -0.39 is 0 Å². The molecular weight excluding hydrogens is 338 g/mol. The highest BCUT2D eigenvalue weighted by Crippen LogP contribution is 2.19. The Hall–Kier alpha value is -0.790. The van der Waals surface area contributed by atoms with Gasteiger partial charge in [0.2, 0.25) is 11.8 Å². The SMILES string of the molecule is CC(C)OCCCNC(=O)C1CCN(C(=O)CC2CSCCN2)CC1. The number of carbonyl (C=O) groups is 2.